The highest BCUT2D eigenvalue weighted by molar-refractivity contribution is 6.99. The molecule has 2 atom stereocenters. The molecule has 3 rings (SSSR count). The first kappa shape index (κ1) is 17.4. The van der Waals surface area contributed by atoms with E-state index in [-0.39, 0.29) is 5.04 Å². The Morgan fingerprint density at radius 1 is 1.00 bits per heavy atom. The van der Waals surface area contributed by atoms with E-state index in [1.54, 1.807) is 0 Å². The van der Waals surface area contributed by atoms with Gasteiger partial charge >= 0.3 is 0 Å². The topological polar surface area (TPSA) is 21.8 Å². The van der Waals surface area contributed by atoms with E-state index in [0.717, 1.165) is 13.2 Å². The smallest absolute Gasteiger partial charge is 0.261 e. The predicted octanol–water partition coefficient (Wildman–Crippen LogP) is 3.60. The monoisotopic (exact) mass is 340 g/mol. The highest BCUT2D eigenvalue weighted by Gasteiger charge is 2.50. The standard InChI is InChI=1S/C21H28O2Si/c1-17(20-16-22-20)15-23-24(21(2,3)4,18-11-7-5-8-12-18)19-13-9-6-10-14-19/h5-14,17,20H,15-16H2,1-4H3/t17-,20?/m1/s1. The Morgan fingerprint density at radius 2 is 1.46 bits per heavy atom. The first-order valence-corrected chi connectivity index (χ1v) is 10.7. The van der Waals surface area contributed by atoms with Crippen molar-refractivity contribution in [1.29, 1.82) is 0 Å². The van der Waals surface area contributed by atoms with E-state index in [1.807, 2.05) is 0 Å². The lowest BCUT2D eigenvalue weighted by molar-refractivity contribution is 0.212. The van der Waals surface area contributed by atoms with Crippen LogP contribution in [0.2, 0.25) is 5.04 Å². The zero-order valence-corrected chi connectivity index (χ0v) is 16.2. The molecule has 2 aromatic rings. The van der Waals surface area contributed by atoms with E-state index < -0.39 is 8.32 Å². The van der Waals surface area contributed by atoms with Gasteiger partial charge in [0.15, 0.2) is 0 Å². The molecule has 0 N–H and O–H groups in total. The van der Waals surface area contributed by atoms with Crippen LogP contribution >= 0.6 is 0 Å². The van der Waals surface area contributed by atoms with Crippen LogP contribution < -0.4 is 10.4 Å². The minimum absolute atomic E-state index is 0.0415. The van der Waals surface area contributed by atoms with Crippen LogP contribution in [0.3, 0.4) is 0 Å². The van der Waals surface area contributed by atoms with Crippen molar-refractivity contribution in [2.75, 3.05) is 13.2 Å². The van der Waals surface area contributed by atoms with Crippen LogP contribution in [-0.4, -0.2) is 27.6 Å². The Hall–Kier alpha value is -1.42. The number of rotatable bonds is 6. The first-order valence-electron chi connectivity index (χ1n) is 8.82. The summed E-state index contributed by atoms with van der Waals surface area (Å²) in [6, 6.07) is 21.6. The first-order chi connectivity index (χ1) is 11.4. The van der Waals surface area contributed by atoms with Gasteiger partial charge in [-0.1, -0.05) is 88.4 Å². The van der Waals surface area contributed by atoms with E-state index in [2.05, 4.69) is 88.4 Å². The minimum Gasteiger partial charge on any atom is -0.407 e. The van der Waals surface area contributed by atoms with Gasteiger partial charge in [0, 0.05) is 12.5 Å². The molecule has 0 bridgehead atoms. The van der Waals surface area contributed by atoms with Crippen LogP contribution in [0.4, 0.5) is 0 Å². The van der Waals surface area contributed by atoms with Crippen molar-refractivity contribution in [3.8, 4) is 0 Å². The fraction of sp³-hybridized carbons (Fsp3) is 0.429. The second kappa shape index (κ2) is 6.83. The Kier molecular flexibility index (Phi) is 4.95. The molecule has 24 heavy (non-hydrogen) atoms. The highest BCUT2D eigenvalue weighted by atomic mass is 28.4. The van der Waals surface area contributed by atoms with E-state index in [1.165, 1.54) is 10.4 Å². The molecular weight excluding hydrogens is 312 g/mol. The van der Waals surface area contributed by atoms with Crippen molar-refractivity contribution < 1.29 is 9.16 Å². The van der Waals surface area contributed by atoms with Gasteiger partial charge in [-0.05, 0) is 15.4 Å². The average Bonchev–Trinajstić information content (AvgIpc) is 3.41. The van der Waals surface area contributed by atoms with Gasteiger partial charge in [0.05, 0.1) is 12.7 Å². The molecule has 0 aliphatic carbocycles. The molecule has 0 radical (unpaired) electrons. The van der Waals surface area contributed by atoms with Gasteiger partial charge in [-0.2, -0.15) is 0 Å². The van der Waals surface area contributed by atoms with Crippen LogP contribution in [0.1, 0.15) is 27.7 Å². The molecule has 0 amide bonds. The van der Waals surface area contributed by atoms with Crippen molar-refractivity contribution in [3.05, 3.63) is 60.7 Å². The summed E-state index contributed by atoms with van der Waals surface area (Å²) in [5, 5.41) is 2.72. The van der Waals surface area contributed by atoms with Crippen molar-refractivity contribution in [2.24, 2.45) is 5.92 Å². The summed E-state index contributed by atoms with van der Waals surface area (Å²) in [7, 11) is -2.39. The molecule has 3 heteroatoms. The molecular formula is C21H28O2Si. The summed E-state index contributed by atoms with van der Waals surface area (Å²) in [6.45, 7) is 10.8. The van der Waals surface area contributed by atoms with Gasteiger partial charge in [-0.25, -0.2) is 0 Å². The number of hydrogen-bond acceptors (Lipinski definition) is 2. The normalized spacial score (nSPS) is 19.1. The fourth-order valence-corrected chi connectivity index (χ4v) is 8.18. The summed E-state index contributed by atoms with van der Waals surface area (Å²) in [5.41, 5.74) is 0. The molecule has 0 aromatic heterocycles. The molecule has 0 spiro atoms. The maximum Gasteiger partial charge on any atom is 0.261 e. The number of ether oxygens (including phenoxy) is 1. The molecule has 1 aliphatic rings. The predicted molar refractivity (Wildman–Crippen MR) is 102 cm³/mol. The number of hydrogen-bond donors (Lipinski definition) is 0. The van der Waals surface area contributed by atoms with Crippen LogP contribution in [0.25, 0.3) is 0 Å². The third-order valence-electron chi connectivity index (χ3n) is 4.97. The van der Waals surface area contributed by atoms with Crippen LogP contribution in [0.5, 0.6) is 0 Å². The second-order valence-electron chi connectivity index (χ2n) is 7.82. The molecule has 1 heterocycles. The molecule has 1 unspecified atom stereocenters. The van der Waals surface area contributed by atoms with Crippen LogP contribution in [-0.2, 0) is 9.16 Å². The highest BCUT2D eigenvalue weighted by Crippen LogP contribution is 2.37. The van der Waals surface area contributed by atoms with Crippen molar-refractivity contribution >= 4 is 18.7 Å². The lowest BCUT2D eigenvalue weighted by atomic mass is 10.1. The van der Waals surface area contributed by atoms with Crippen molar-refractivity contribution in [1.82, 2.24) is 0 Å². The summed E-state index contributed by atoms with van der Waals surface area (Å²) >= 11 is 0. The van der Waals surface area contributed by atoms with E-state index in [4.69, 9.17) is 9.16 Å². The Labute approximate surface area is 146 Å². The quantitative estimate of drug-likeness (QED) is 0.592. The lowest BCUT2D eigenvalue weighted by Gasteiger charge is -2.43. The molecule has 1 saturated heterocycles. The maximum absolute atomic E-state index is 6.89. The summed E-state index contributed by atoms with van der Waals surface area (Å²) < 4.78 is 12.4. The molecule has 128 valence electrons. The molecule has 1 fully saturated rings. The zero-order valence-electron chi connectivity index (χ0n) is 15.2. The SMILES string of the molecule is C[C@H](CO[Si](c1ccccc1)(c1ccccc1)C(C)(C)C)C1CO1. The Balaban J connectivity index is 2.06. The maximum atomic E-state index is 6.89. The molecule has 0 saturated carbocycles. The molecule has 1 aliphatic heterocycles. The molecule has 2 aromatic carbocycles. The third-order valence-corrected chi connectivity index (χ3v) is 9.98. The van der Waals surface area contributed by atoms with Gasteiger partial charge in [0.25, 0.3) is 8.32 Å². The Morgan fingerprint density at radius 3 is 1.83 bits per heavy atom. The van der Waals surface area contributed by atoms with Crippen molar-refractivity contribution in [3.63, 3.8) is 0 Å². The number of epoxide rings is 1. The van der Waals surface area contributed by atoms with Crippen LogP contribution in [0.15, 0.2) is 60.7 Å². The summed E-state index contributed by atoms with van der Waals surface area (Å²) in [5.74, 6) is 0.437. The second-order valence-corrected chi connectivity index (χ2v) is 12.1. The largest absolute Gasteiger partial charge is 0.407 e. The Bertz CT molecular complexity index is 605. The fourth-order valence-electron chi connectivity index (χ4n) is 3.51. The van der Waals surface area contributed by atoms with E-state index >= 15 is 0 Å². The zero-order chi connectivity index (χ0) is 17.2. The lowest BCUT2D eigenvalue weighted by Crippen LogP contribution is -2.67. The van der Waals surface area contributed by atoms with Crippen molar-refractivity contribution in [2.45, 2.75) is 38.8 Å². The van der Waals surface area contributed by atoms with Gasteiger partial charge in [0.1, 0.15) is 0 Å². The van der Waals surface area contributed by atoms with Gasteiger partial charge in [-0.15, -0.1) is 0 Å². The minimum atomic E-state index is -2.39. The van der Waals surface area contributed by atoms with E-state index in [9.17, 15) is 0 Å². The van der Waals surface area contributed by atoms with Gasteiger partial charge in [0.2, 0.25) is 0 Å². The number of benzene rings is 2. The summed E-state index contributed by atoms with van der Waals surface area (Å²) in [6.07, 6.45) is 0.378. The summed E-state index contributed by atoms with van der Waals surface area (Å²) in [4.78, 5) is 0. The average molecular weight is 341 g/mol. The van der Waals surface area contributed by atoms with Gasteiger partial charge < -0.3 is 9.16 Å². The third kappa shape index (κ3) is 3.34. The van der Waals surface area contributed by atoms with E-state index in [0.29, 0.717) is 12.0 Å². The van der Waals surface area contributed by atoms with Crippen LogP contribution in [0, 0.1) is 5.92 Å². The van der Waals surface area contributed by atoms with Gasteiger partial charge in [-0.3, -0.25) is 0 Å². The molecule has 2 nitrogen and oxygen atoms in total.